The molecule has 0 saturated carbocycles. The van der Waals surface area contributed by atoms with Crippen LogP contribution in [0.1, 0.15) is 26.3 Å². The van der Waals surface area contributed by atoms with Gasteiger partial charge in [-0.15, -0.1) is 0 Å². The highest BCUT2D eigenvalue weighted by molar-refractivity contribution is 6.73. The van der Waals surface area contributed by atoms with Crippen LogP contribution in [0.4, 0.5) is 0 Å². The summed E-state index contributed by atoms with van der Waals surface area (Å²) < 4.78 is 11.8. The third kappa shape index (κ3) is 4.46. The van der Waals surface area contributed by atoms with Crippen molar-refractivity contribution in [3.8, 4) is 5.75 Å². The van der Waals surface area contributed by atoms with Gasteiger partial charge >= 0.3 is 0 Å². The van der Waals surface area contributed by atoms with E-state index in [0.717, 1.165) is 12.4 Å². The van der Waals surface area contributed by atoms with Crippen LogP contribution >= 0.6 is 0 Å². The van der Waals surface area contributed by atoms with Gasteiger partial charge in [-0.2, -0.15) is 0 Å². The van der Waals surface area contributed by atoms with Crippen LogP contribution in [0.2, 0.25) is 18.1 Å². The number of benzene rings is 1. The number of ether oxygens (including phenoxy) is 1. The smallest absolute Gasteiger partial charge is 0.192 e. The molecular formula is C15H26O2Si. The molecule has 0 aliphatic carbocycles. The van der Waals surface area contributed by atoms with E-state index in [0.29, 0.717) is 6.61 Å². The first kappa shape index (κ1) is 15.3. The fourth-order valence-electron chi connectivity index (χ4n) is 2.11. The lowest BCUT2D eigenvalue weighted by molar-refractivity contribution is 0.207. The summed E-state index contributed by atoms with van der Waals surface area (Å²) in [6.07, 6.45) is 0. The van der Waals surface area contributed by atoms with E-state index in [1.807, 2.05) is 12.1 Å². The third-order valence-corrected chi connectivity index (χ3v) is 8.40. The maximum absolute atomic E-state index is 6.14. The average molecular weight is 266 g/mol. The van der Waals surface area contributed by atoms with Crippen LogP contribution in [0, 0.1) is 6.92 Å². The Morgan fingerprint density at radius 1 is 0.889 bits per heavy atom. The highest BCUT2D eigenvalue weighted by Crippen LogP contribution is 2.21. The molecule has 0 aliphatic rings. The second kappa shape index (κ2) is 7.59. The molecule has 1 rings (SSSR count). The van der Waals surface area contributed by atoms with Crippen LogP contribution in [0.3, 0.4) is 0 Å². The predicted molar refractivity (Wildman–Crippen MR) is 79.8 cm³/mol. The minimum Gasteiger partial charge on any atom is -0.491 e. The molecule has 1 aromatic rings. The van der Waals surface area contributed by atoms with Gasteiger partial charge in [0.05, 0.1) is 6.61 Å². The molecule has 0 N–H and O–H groups in total. The molecule has 2 nitrogen and oxygen atoms in total. The van der Waals surface area contributed by atoms with E-state index in [2.05, 4.69) is 39.8 Å². The first-order valence-electron chi connectivity index (χ1n) is 6.99. The van der Waals surface area contributed by atoms with Crippen LogP contribution in [-0.2, 0) is 4.43 Å². The molecule has 0 radical (unpaired) electrons. The van der Waals surface area contributed by atoms with Crippen molar-refractivity contribution in [3.63, 3.8) is 0 Å². The molecule has 0 fully saturated rings. The number of hydrogen-bond donors (Lipinski definition) is 0. The molecular weight excluding hydrogens is 240 g/mol. The summed E-state index contributed by atoms with van der Waals surface area (Å²) in [5, 5.41) is 0. The van der Waals surface area contributed by atoms with Gasteiger partial charge < -0.3 is 9.16 Å². The van der Waals surface area contributed by atoms with Gasteiger partial charge in [-0.05, 0) is 37.2 Å². The number of aryl methyl sites for hydroxylation is 1. The molecule has 18 heavy (non-hydrogen) atoms. The summed E-state index contributed by atoms with van der Waals surface area (Å²) in [6.45, 7) is 10.2. The second-order valence-corrected chi connectivity index (χ2v) is 9.53. The summed E-state index contributed by atoms with van der Waals surface area (Å²) in [5.41, 5.74) is 1.26. The Bertz CT molecular complexity index is 323. The first-order chi connectivity index (χ1) is 8.65. The Hall–Kier alpha value is -0.803. The molecule has 0 spiro atoms. The fourth-order valence-corrected chi connectivity index (χ4v) is 4.74. The normalized spacial score (nSPS) is 11.6. The standard InChI is InChI=1S/C15H26O2Si/c1-5-18(6-2,7-3)17-13-12-16-15-10-8-14(4)9-11-15/h8-11H,5-7,12-13H2,1-4H3. The number of rotatable bonds is 8. The summed E-state index contributed by atoms with van der Waals surface area (Å²) in [5.74, 6) is 0.931. The van der Waals surface area contributed by atoms with Gasteiger partial charge in [-0.25, -0.2) is 0 Å². The Kier molecular flexibility index (Phi) is 6.43. The van der Waals surface area contributed by atoms with E-state index in [4.69, 9.17) is 9.16 Å². The van der Waals surface area contributed by atoms with Gasteiger partial charge in [-0.3, -0.25) is 0 Å². The highest BCUT2D eigenvalue weighted by atomic mass is 28.4. The number of hydrogen-bond acceptors (Lipinski definition) is 2. The molecule has 0 atom stereocenters. The van der Waals surface area contributed by atoms with Crippen molar-refractivity contribution in [2.75, 3.05) is 13.2 Å². The maximum atomic E-state index is 6.14. The Morgan fingerprint density at radius 3 is 1.94 bits per heavy atom. The summed E-state index contributed by atoms with van der Waals surface area (Å²) in [6, 6.07) is 11.8. The second-order valence-electron chi connectivity index (χ2n) is 4.75. The van der Waals surface area contributed by atoms with Crippen molar-refractivity contribution in [2.45, 2.75) is 45.8 Å². The molecule has 0 saturated heterocycles. The lowest BCUT2D eigenvalue weighted by atomic mass is 10.2. The third-order valence-electron chi connectivity index (χ3n) is 3.71. The van der Waals surface area contributed by atoms with E-state index in [1.54, 1.807) is 0 Å². The Morgan fingerprint density at radius 2 is 1.44 bits per heavy atom. The molecule has 3 heteroatoms. The maximum Gasteiger partial charge on any atom is 0.192 e. The summed E-state index contributed by atoms with van der Waals surface area (Å²) in [4.78, 5) is 0. The lowest BCUT2D eigenvalue weighted by Crippen LogP contribution is -2.37. The van der Waals surface area contributed by atoms with E-state index in [-0.39, 0.29) is 0 Å². The van der Waals surface area contributed by atoms with Gasteiger partial charge in [0.25, 0.3) is 0 Å². The van der Waals surface area contributed by atoms with Gasteiger partial charge in [0, 0.05) is 0 Å². The molecule has 0 aromatic heterocycles. The fraction of sp³-hybridized carbons (Fsp3) is 0.600. The first-order valence-corrected chi connectivity index (χ1v) is 9.52. The average Bonchev–Trinajstić information content (AvgIpc) is 2.42. The van der Waals surface area contributed by atoms with Crippen LogP contribution in [0.25, 0.3) is 0 Å². The zero-order valence-corrected chi connectivity index (χ0v) is 13.2. The Labute approximate surface area is 112 Å². The van der Waals surface area contributed by atoms with E-state index < -0.39 is 8.32 Å². The minimum atomic E-state index is -1.44. The molecule has 0 bridgehead atoms. The van der Waals surface area contributed by atoms with Crippen molar-refractivity contribution < 1.29 is 9.16 Å². The van der Waals surface area contributed by atoms with Crippen LogP contribution < -0.4 is 4.74 Å². The van der Waals surface area contributed by atoms with E-state index >= 15 is 0 Å². The minimum absolute atomic E-state index is 0.651. The zero-order chi connectivity index (χ0) is 13.4. The lowest BCUT2D eigenvalue weighted by Gasteiger charge is -2.27. The van der Waals surface area contributed by atoms with Crippen molar-refractivity contribution in [3.05, 3.63) is 29.8 Å². The molecule has 1 aromatic carbocycles. The van der Waals surface area contributed by atoms with Crippen LogP contribution in [0.15, 0.2) is 24.3 Å². The topological polar surface area (TPSA) is 18.5 Å². The monoisotopic (exact) mass is 266 g/mol. The van der Waals surface area contributed by atoms with Crippen molar-refractivity contribution >= 4 is 8.32 Å². The summed E-state index contributed by atoms with van der Waals surface area (Å²) >= 11 is 0. The zero-order valence-electron chi connectivity index (χ0n) is 12.2. The van der Waals surface area contributed by atoms with Gasteiger partial charge in [0.15, 0.2) is 8.32 Å². The largest absolute Gasteiger partial charge is 0.491 e. The van der Waals surface area contributed by atoms with E-state index in [1.165, 1.54) is 23.7 Å². The van der Waals surface area contributed by atoms with Crippen molar-refractivity contribution in [1.29, 1.82) is 0 Å². The molecule has 0 amide bonds. The van der Waals surface area contributed by atoms with Gasteiger partial charge in [-0.1, -0.05) is 38.5 Å². The van der Waals surface area contributed by atoms with Crippen molar-refractivity contribution in [1.82, 2.24) is 0 Å². The predicted octanol–water partition coefficient (Wildman–Crippen LogP) is 4.40. The van der Waals surface area contributed by atoms with Crippen molar-refractivity contribution in [2.24, 2.45) is 0 Å². The SMILES string of the molecule is CC[Si](CC)(CC)OCCOc1ccc(C)cc1. The van der Waals surface area contributed by atoms with Crippen LogP contribution in [-0.4, -0.2) is 21.5 Å². The summed E-state index contributed by atoms with van der Waals surface area (Å²) in [7, 11) is -1.44. The van der Waals surface area contributed by atoms with Gasteiger partial charge in [0.1, 0.15) is 12.4 Å². The Balaban J connectivity index is 2.31. The quantitative estimate of drug-likeness (QED) is 0.513. The van der Waals surface area contributed by atoms with Gasteiger partial charge in [0.2, 0.25) is 0 Å². The molecule has 0 aliphatic heterocycles. The van der Waals surface area contributed by atoms with Crippen LogP contribution in [0.5, 0.6) is 5.75 Å². The van der Waals surface area contributed by atoms with E-state index in [9.17, 15) is 0 Å². The highest BCUT2D eigenvalue weighted by Gasteiger charge is 2.28. The molecule has 0 unspecified atom stereocenters. The molecule has 0 heterocycles. The molecule has 102 valence electrons.